The topological polar surface area (TPSA) is 35.5 Å². The molecule has 0 amide bonds. The van der Waals surface area contributed by atoms with Gasteiger partial charge in [-0.2, -0.15) is 0 Å². The average Bonchev–Trinajstić information content (AvgIpc) is 2.37. The van der Waals surface area contributed by atoms with Gasteiger partial charge in [0.25, 0.3) is 0 Å². The van der Waals surface area contributed by atoms with E-state index in [1.165, 1.54) is 6.42 Å². The monoisotopic (exact) mass is 276 g/mol. The number of benzene rings is 1. The molecule has 2 unspecified atom stereocenters. The van der Waals surface area contributed by atoms with Crippen LogP contribution in [-0.4, -0.2) is 19.0 Å². The van der Waals surface area contributed by atoms with Crippen molar-refractivity contribution in [3.8, 4) is 11.5 Å². The lowest BCUT2D eigenvalue weighted by molar-refractivity contribution is 0.0977. The molecule has 3 heteroatoms. The first-order valence-corrected chi connectivity index (χ1v) is 7.35. The molecule has 3 nitrogen and oxygen atoms in total. The van der Waals surface area contributed by atoms with Gasteiger partial charge in [0.05, 0.1) is 13.2 Å². The SMILES string of the molecule is COc1cc(C(C)=O)ccc1OC1CC(C)CC(C)C1. The molecule has 1 aromatic carbocycles. The molecule has 0 aromatic heterocycles. The molecule has 0 saturated heterocycles. The highest BCUT2D eigenvalue weighted by Gasteiger charge is 2.26. The van der Waals surface area contributed by atoms with E-state index in [2.05, 4.69) is 13.8 Å². The average molecular weight is 276 g/mol. The second kappa shape index (κ2) is 6.29. The van der Waals surface area contributed by atoms with Crippen molar-refractivity contribution >= 4 is 5.78 Å². The van der Waals surface area contributed by atoms with Crippen LogP contribution in [0.1, 0.15) is 50.4 Å². The highest BCUT2D eigenvalue weighted by Crippen LogP contribution is 2.35. The van der Waals surface area contributed by atoms with E-state index < -0.39 is 0 Å². The van der Waals surface area contributed by atoms with E-state index in [1.54, 1.807) is 26.2 Å². The maximum absolute atomic E-state index is 11.4. The molecule has 1 aromatic rings. The van der Waals surface area contributed by atoms with Crippen molar-refractivity contribution in [3.05, 3.63) is 23.8 Å². The minimum absolute atomic E-state index is 0.0368. The smallest absolute Gasteiger partial charge is 0.161 e. The van der Waals surface area contributed by atoms with E-state index in [9.17, 15) is 4.79 Å². The number of hydrogen-bond donors (Lipinski definition) is 0. The fourth-order valence-corrected chi connectivity index (χ4v) is 3.13. The molecule has 1 aliphatic rings. The van der Waals surface area contributed by atoms with E-state index in [4.69, 9.17) is 9.47 Å². The predicted octanol–water partition coefficient (Wildman–Crippen LogP) is 4.10. The third kappa shape index (κ3) is 3.53. The maximum atomic E-state index is 11.4. The first-order valence-electron chi connectivity index (χ1n) is 7.35. The van der Waals surface area contributed by atoms with Gasteiger partial charge in [-0.25, -0.2) is 0 Å². The molecule has 0 radical (unpaired) electrons. The Morgan fingerprint density at radius 2 is 1.75 bits per heavy atom. The number of rotatable bonds is 4. The molecule has 1 aliphatic carbocycles. The Hall–Kier alpha value is -1.51. The summed E-state index contributed by atoms with van der Waals surface area (Å²) in [6, 6.07) is 5.41. The molecule has 110 valence electrons. The van der Waals surface area contributed by atoms with E-state index in [0.717, 1.165) is 18.6 Å². The van der Waals surface area contributed by atoms with Gasteiger partial charge in [-0.3, -0.25) is 4.79 Å². The van der Waals surface area contributed by atoms with Crippen molar-refractivity contribution in [3.63, 3.8) is 0 Å². The molecular formula is C17H24O3. The van der Waals surface area contributed by atoms with Crippen LogP contribution < -0.4 is 9.47 Å². The van der Waals surface area contributed by atoms with Gasteiger partial charge in [0.2, 0.25) is 0 Å². The van der Waals surface area contributed by atoms with Gasteiger partial charge >= 0.3 is 0 Å². The summed E-state index contributed by atoms with van der Waals surface area (Å²) in [4.78, 5) is 11.4. The van der Waals surface area contributed by atoms with Crippen LogP contribution in [0, 0.1) is 11.8 Å². The number of ether oxygens (including phenoxy) is 2. The Morgan fingerprint density at radius 3 is 2.30 bits per heavy atom. The number of methoxy groups -OCH3 is 1. The lowest BCUT2D eigenvalue weighted by Crippen LogP contribution is -2.28. The van der Waals surface area contributed by atoms with Crippen LogP contribution >= 0.6 is 0 Å². The van der Waals surface area contributed by atoms with Gasteiger partial charge < -0.3 is 9.47 Å². The van der Waals surface area contributed by atoms with E-state index >= 15 is 0 Å². The van der Waals surface area contributed by atoms with Crippen molar-refractivity contribution < 1.29 is 14.3 Å². The third-order valence-corrected chi connectivity index (χ3v) is 4.00. The van der Waals surface area contributed by atoms with E-state index in [1.807, 2.05) is 6.07 Å². The van der Waals surface area contributed by atoms with Crippen LogP contribution in [-0.2, 0) is 0 Å². The van der Waals surface area contributed by atoms with Crippen LogP contribution in [0.2, 0.25) is 0 Å². The molecule has 1 saturated carbocycles. The fourth-order valence-electron chi connectivity index (χ4n) is 3.13. The molecule has 2 atom stereocenters. The van der Waals surface area contributed by atoms with Gasteiger partial charge in [0.1, 0.15) is 0 Å². The Kier molecular flexibility index (Phi) is 4.69. The zero-order valence-corrected chi connectivity index (χ0v) is 12.8. The molecule has 0 spiro atoms. The summed E-state index contributed by atoms with van der Waals surface area (Å²) < 4.78 is 11.5. The maximum Gasteiger partial charge on any atom is 0.161 e. The van der Waals surface area contributed by atoms with E-state index in [0.29, 0.717) is 23.1 Å². The van der Waals surface area contributed by atoms with Gasteiger partial charge in [0, 0.05) is 5.56 Å². The summed E-state index contributed by atoms with van der Waals surface area (Å²) in [5.41, 5.74) is 0.652. The summed E-state index contributed by atoms with van der Waals surface area (Å²) in [6.07, 6.45) is 3.69. The zero-order valence-electron chi connectivity index (χ0n) is 12.8. The molecule has 1 fully saturated rings. The second-order valence-corrected chi connectivity index (χ2v) is 6.08. The van der Waals surface area contributed by atoms with Crippen LogP contribution in [0.4, 0.5) is 0 Å². The summed E-state index contributed by atoms with van der Waals surface area (Å²) in [6.45, 7) is 6.12. The van der Waals surface area contributed by atoms with Crippen molar-refractivity contribution in [2.45, 2.75) is 46.1 Å². The molecule has 0 N–H and O–H groups in total. The summed E-state index contributed by atoms with van der Waals surface area (Å²) >= 11 is 0. The van der Waals surface area contributed by atoms with Gasteiger partial charge in [-0.1, -0.05) is 13.8 Å². The quantitative estimate of drug-likeness (QED) is 0.777. The minimum atomic E-state index is 0.0368. The molecule has 0 bridgehead atoms. The number of Topliss-reactive ketones (excluding diaryl/α,β-unsaturated/α-hetero) is 1. The Bertz CT molecular complexity index is 471. The van der Waals surface area contributed by atoms with E-state index in [-0.39, 0.29) is 11.9 Å². The Balaban J connectivity index is 2.14. The first kappa shape index (κ1) is 14.9. The predicted molar refractivity (Wildman–Crippen MR) is 79.6 cm³/mol. The van der Waals surface area contributed by atoms with Crippen molar-refractivity contribution in [2.24, 2.45) is 11.8 Å². The highest BCUT2D eigenvalue weighted by molar-refractivity contribution is 5.94. The standard InChI is InChI=1S/C17H24O3/c1-11-7-12(2)9-15(8-11)20-16-6-5-14(13(3)18)10-17(16)19-4/h5-6,10-12,15H,7-9H2,1-4H3. The normalized spacial score (nSPS) is 26.1. The number of ketones is 1. The molecule has 0 heterocycles. The zero-order chi connectivity index (χ0) is 14.7. The molecule has 0 aliphatic heterocycles. The number of carbonyl (C=O) groups is 1. The van der Waals surface area contributed by atoms with Gasteiger partial charge in [-0.05, 0) is 56.2 Å². The lowest BCUT2D eigenvalue weighted by atomic mass is 9.82. The fraction of sp³-hybridized carbons (Fsp3) is 0.588. The Morgan fingerprint density at radius 1 is 1.10 bits per heavy atom. The minimum Gasteiger partial charge on any atom is -0.493 e. The lowest BCUT2D eigenvalue weighted by Gasteiger charge is -2.32. The van der Waals surface area contributed by atoms with Gasteiger partial charge in [0.15, 0.2) is 17.3 Å². The van der Waals surface area contributed by atoms with Crippen LogP contribution in [0.3, 0.4) is 0 Å². The van der Waals surface area contributed by atoms with Crippen molar-refractivity contribution in [1.29, 1.82) is 0 Å². The molecule has 2 rings (SSSR count). The molecule has 20 heavy (non-hydrogen) atoms. The largest absolute Gasteiger partial charge is 0.493 e. The third-order valence-electron chi connectivity index (χ3n) is 4.00. The number of hydrogen-bond acceptors (Lipinski definition) is 3. The van der Waals surface area contributed by atoms with Crippen molar-refractivity contribution in [1.82, 2.24) is 0 Å². The van der Waals surface area contributed by atoms with Crippen LogP contribution in [0.15, 0.2) is 18.2 Å². The van der Waals surface area contributed by atoms with Crippen LogP contribution in [0.25, 0.3) is 0 Å². The van der Waals surface area contributed by atoms with Crippen molar-refractivity contribution in [2.75, 3.05) is 7.11 Å². The first-order chi connectivity index (χ1) is 9.49. The second-order valence-electron chi connectivity index (χ2n) is 6.08. The number of carbonyl (C=O) groups excluding carboxylic acids is 1. The Labute approximate surface area is 121 Å². The summed E-state index contributed by atoms with van der Waals surface area (Å²) in [5, 5.41) is 0. The molecular weight excluding hydrogens is 252 g/mol. The summed E-state index contributed by atoms with van der Waals surface area (Å²) in [7, 11) is 1.61. The van der Waals surface area contributed by atoms with Crippen LogP contribution in [0.5, 0.6) is 11.5 Å². The summed E-state index contributed by atoms with van der Waals surface area (Å²) in [5.74, 6) is 2.82. The van der Waals surface area contributed by atoms with Gasteiger partial charge in [-0.15, -0.1) is 0 Å². The highest BCUT2D eigenvalue weighted by atomic mass is 16.5.